The average Bonchev–Trinajstić information content (AvgIpc) is 2.68. The van der Waals surface area contributed by atoms with Crippen molar-refractivity contribution in [2.75, 3.05) is 14.2 Å². The van der Waals surface area contributed by atoms with Gasteiger partial charge in [-0.3, -0.25) is 0 Å². The van der Waals surface area contributed by atoms with Crippen molar-refractivity contribution in [3.05, 3.63) is 89.5 Å². The first-order valence-corrected chi connectivity index (χ1v) is 7.95. The molecule has 4 nitrogen and oxygen atoms in total. The monoisotopic (exact) mass is 335 g/mol. The molecular weight excluding hydrogens is 314 g/mol. The first kappa shape index (κ1) is 16.9. The van der Waals surface area contributed by atoms with Gasteiger partial charge in [0, 0.05) is 0 Å². The molecule has 0 amide bonds. The van der Waals surface area contributed by atoms with E-state index in [1.54, 1.807) is 26.4 Å². The second-order valence-electron chi connectivity index (χ2n) is 5.81. The first-order valence-electron chi connectivity index (χ1n) is 7.95. The normalized spacial score (nSPS) is 11.2. The van der Waals surface area contributed by atoms with E-state index < -0.39 is 5.54 Å². The summed E-state index contributed by atoms with van der Waals surface area (Å²) in [4.78, 5) is 0. The van der Waals surface area contributed by atoms with Crippen molar-refractivity contribution in [3.8, 4) is 17.2 Å². The Kier molecular flexibility index (Phi) is 4.63. The molecule has 0 heterocycles. The maximum Gasteiger partial charge on any atom is 0.118 e. The number of ether oxygens (including phenoxy) is 2. The molecule has 0 saturated carbocycles. The Labute approximate surface area is 147 Å². The van der Waals surface area contributed by atoms with E-state index in [0.717, 1.165) is 28.2 Å². The van der Waals surface area contributed by atoms with Crippen LogP contribution in [-0.2, 0) is 5.54 Å². The molecule has 0 aliphatic carbocycles. The van der Waals surface area contributed by atoms with Gasteiger partial charge in [-0.15, -0.1) is 0 Å². The SMILES string of the molecule is COc1ccc(C(N)(c2ccc(O)cc2)c2ccc(OC)cc2)cc1. The zero-order chi connectivity index (χ0) is 17.9. The number of benzene rings is 3. The summed E-state index contributed by atoms with van der Waals surface area (Å²) in [6.45, 7) is 0. The lowest BCUT2D eigenvalue weighted by atomic mass is 9.78. The maximum atomic E-state index is 9.63. The molecule has 0 aromatic heterocycles. The molecule has 3 aromatic carbocycles. The smallest absolute Gasteiger partial charge is 0.118 e. The van der Waals surface area contributed by atoms with Gasteiger partial charge in [0.05, 0.1) is 19.8 Å². The molecule has 0 aliphatic heterocycles. The molecule has 3 rings (SSSR count). The Morgan fingerprint density at radius 2 is 0.960 bits per heavy atom. The molecule has 0 fully saturated rings. The molecule has 3 N–H and O–H groups in total. The van der Waals surface area contributed by atoms with E-state index in [1.807, 2.05) is 60.7 Å². The van der Waals surface area contributed by atoms with Crippen molar-refractivity contribution in [2.45, 2.75) is 5.54 Å². The summed E-state index contributed by atoms with van der Waals surface area (Å²) in [5, 5.41) is 9.63. The topological polar surface area (TPSA) is 64.7 Å². The van der Waals surface area contributed by atoms with Gasteiger partial charge in [-0.05, 0) is 53.1 Å². The van der Waals surface area contributed by atoms with Crippen molar-refractivity contribution in [1.82, 2.24) is 0 Å². The Hall–Kier alpha value is -2.98. The number of phenolic OH excluding ortho intramolecular Hbond substituents is 1. The van der Waals surface area contributed by atoms with Gasteiger partial charge in [0.2, 0.25) is 0 Å². The van der Waals surface area contributed by atoms with Crippen LogP contribution in [0.1, 0.15) is 16.7 Å². The summed E-state index contributed by atoms with van der Waals surface area (Å²) in [5.74, 6) is 1.74. The highest BCUT2D eigenvalue weighted by Crippen LogP contribution is 2.36. The van der Waals surface area contributed by atoms with Crippen molar-refractivity contribution >= 4 is 0 Å². The van der Waals surface area contributed by atoms with Crippen molar-refractivity contribution in [2.24, 2.45) is 5.73 Å². The zero-order valence-corrected chi connectivity index (χ0v) is 14.3. The summed E-state index contributed by atoms with van der Waals surface area (Å²) >= 11 is 0. The van der Waals surface area contributed by atoms with E-state index in [9.17, 15) is 5.11 Å². The molecule has 128 valence electrons. The molecule has 4 heteroatoms. The number of methoxy groups -OCH3 is 2. The third-order valence-electron chi connectivity index (χ3n) is 4.41. The lowest BCUT2D eigenvalue weighted by molar-refractivity contribution is 0.414. The molecule has 0 atom stereocenters. The third-order valence-corrected chi connectivity index (χ3v) is 4.41. The van der Waals surface area contributed by atoms with Gasteiger partial charge in [-0.2, -0.15) is 0 Å². The maximum absolute atomic E-state index is 9.63. The molecule has 3 aromatic rings. The number of hydrogen-bond donors (Lipinski definition) is 2. The number of rotatable bonds is 5. The number of phenols is 1. The quantitative estimate of drug-likeness (QED) is 0.699. The van der Waals surface area contributed by atoms with Crippen LogP contribution >= 0.6 is 0 Å². The molecule has 0 saturated heterocycles. The van der Waals surface area contributed by atoms with Crippen LogP contribution in [0.15, 0.2) is 72.8 Å². The average molecular weight is 335 g/mol. The van der Waals surface area contributed by atoms with Crippen LogP contribution in [0.5, 0.6) is 17.2 Å². The van der Waals surface area contributed by atoms with Crippen molar-refractivity contribution in [3.63, 3.8) is 0 Å². The van der Waals surface area contributed by atoms with E-state index in [1.165, 1.54) is 0 Å². The van der Waals surface area contributed by atoms with Crippen LogP contribution in [0, 0.1) is 0 Å². The van der Waals surface area contributed by atoms with Gasteiger partial charge < -0.3 is 20.3 Å². The van der Waals surface area contributed by atoms with Crippen molar-refractivity contribution in [1.29, 1.82) is 0 Å². The van der Waals surface area contributed by atoms with Crippen LogP contribution in [0.25, 0.3) is 0 Å². The summed E-state index contributed by atoms with van der Waals surface area (Å²) in [6, 6.07) is 22.3. The fourth-order valence-electron chi connectivity index (χ4n) is 2.93. The second kappa shape index (κ2) is 6.87. The molecule has 25 heavy (non-hydrogen) atoms. The molecule has 0 aliphatic rings. The van der Waals surface area contributed by atoms with Crippen LogP contribution in [-0.4, -0.2) is 19.3 Å². The largest absolute Gasteiger partial charge is 0.508 e. The van der Waals surface area contributed by atoms with Gasteiger partial charge in [-0.1, -0.05) is 36.4 Å². The van der Waals surface area contributed by atoms with E-state index in [0.29, 0.717) is 0 Å². The van der Waals surface area contributed by atoms with E-state index in [4.69, 9.17) is 15.2 Å². The zero-order valence-electron chi connectivity index (χ0n) is 14.3. The van der Waals surface area contributed by atoms with Crippen LogP contribution < -0.4 is 15.2 Å². The highest BCUT2D eigenvalue weighted by molar-refractivity contribution is 5.51. The second-order valence-corrected chi connectivity index (χ2v) is 5.81. The van der Waals surface area contributed by atoms with Crippen LogP contribution in [0.3, 0.4) is 0 Å². The van der Waals surface area contributed by atoms with Crippen molar-refractivity contribution < 1.29 is 14.6 Å². The van der Waals surface area contributed by atoms with Crippen LogP contribution in [0.2, 0.25) is 0 Å². The number of nitrogens with two attached hydrogens (primary N) is 1. The van der Waals surface area contributed by atoms with E-state index in [2.05, 4.69) is 0 Å². The van der Waals surface area contributed by atoms with Gasteiger partial charge >= 0.3 is 0 Å². The minimum Gasteiger partial charge on any atom is -0.508 e. The molecule has 0 radical (unpaired) electrons. The van der Waals surface area contributed by atoms with Gasteiger partial charge in [-0.25, -0.2) is 0 Å². The third kappa shape index (κ3) is 3.16. The standard InChI is InChI=1S/C21H21NO3/c1-24-19-11-5-16(6-12-19)21(22,15-3-9-18(23)10-4-15)17-7-13-20(25-2)14-8-17/h3-14,23H,22H2,1-2H3. The highest BCUT2D eigenvalue weighted by Gasteiger charge is 2.32. The van der Waals surface area contributed by atoms with E-state index >= 15 is 0 Å². The molecule has 0 bridgehead atoms. The summed E-state index contributed by atoms with van der Waals surface area (Å²) in [7, 11) is 3.27. The lowest BCUT2D eigenvalue weighted by Crippen LogP contribution is -2.39. The van der Waals surface area contributed by atoms with E-state index in [-0.39, 0.29) is 5.75 Å². The minimum atomic E-state index is -0.869. The Balaban J connectivity index is 2.16. The molecular formula is C21H21NO3. The Bertz CT molecular complexity index is 777. The summed E-state index contributed by atoms with van der Waals surface area (Å²) in [6.07, 6.45) is 0. The summed E-state index contributed by atoms with van der Waals surface area (Å²) < 4.78 is 10.5. The van der Waals surface area contributed by atoms with Gasteiger partial charge in [0.25, 0.3) is 0 Å². The predicted molar refractivity (Wildman–Crippen MR) is 98.2 cm³/mol. The predicted octanol–water partition coefficient (Wildman–Crippen LogP) is 3.66. The minimum absolute atomic E-state index is 0.204. The summed E-state index contributed by atoms with van der Waals surface area (Å²) in [5.41, 5.74) is 8.78. The molecule has 0 spiro atoms. The fourth-order valence-corrected chi connectivity index (χ4v) is 2.93. The van der Waals surface area contributed by atoms with Crippen LogP contribution in [0.4, 0.5) is 0 Å². The Morgan fingerprint density at radius 3 is 1.28 bits per heavy atom. The lowest BCUT2D eigenvalue weighted by Gasteiger charge is -2.32. The first-order chi connectivity index (χ1) is 12.1. The molecule has 0 unspecified atom stereocenters. The highest BCUT2D eigenvalue weighted by atomic mass is 16.5. The van der Waals surface area contributed by atoms with Gasteiger partial charge in [0.15, 0.2) is 0 Å². The number of aromatic hydroxyl groups is 1. The Morgan fingerprint density at radius 1 is 0.640 bits per heavy atom. The number of hydrogen-bond acceptors (Lipinski definition) is 4. The fraction of sp³-hybridized carbons (Fsp3) is 0.143. The van der Waals surface area contributed by atoms with Gasteiger partial charge in [0.1, 0.15) is 17.2 Å².